The molecule has 0 aliphatic heterocycles. The fourth-order valence-electron chi connectivity index (χ4n) is 2.54. The van der Waals surface area contributed by atoms with E-state index in [1.807, 2.05) is 0 Å². The summed E-state index contributed by atoms with van der Waals surface area (Å²) in [6.45, 7) is 7.05. The van der Waals surface area contributed by atoms with Crippen molar-refractivity contribution in [2.75, 3.05) is 13.1 Å². The standard InChI is InChI=1S/C18H39N/c1-3-5-7-9-11-13-15-17-19-18-16-14-12-10-8-6-4-2/h19H,3-18H2,1-2H3. The molecule has 0 saturated heterocycles. The summed E-state index contributed by atoms with van der Waals surface area (Å²) in [5, 5.41) is 3.59. The minimum atomic E-state index is 1.24. The van der Waals surface area contributed by atoms with Crippen LogP contribution in [0.1, 0.15) is 104 Å². The lowest BCUT2D eigenvalue weighted by Crippen LogP contribution is -2.16. The van der Waals surface area contributed by atoms with Crippen LogP contribution in [0, 0.1) is 0 Å². The molecule has 0 aliphatic rings. The number of unbranched alkanes of at least 4 members (excludes halogenated alkanes) is 12. The van der Waals surface area contributed by atoms with Crippen molar-refractivity contribution in [3.05, 3.63) is 0 Å². The zero-order valence-corrected chi connectivity index (χ0v) is 13.8. The second kappa shape index (κ2) is 18.0. The van der Waals surface area contributed by atoms with Crippen LogP contribution in [0.5, 0.6) is 0 Å². The molecule has 0 aromatic rings. The molecule has 0 bridgehead atoms. The highest BCUT2D eigenvalue weighted by Gasteiger charge is 1.93. The lowest BCUT2D eigenvalue weighted by Gasteiger charge is -2.05. The van der Waals surface area contributed by atoms with Crippen LogP contribution in [0.3, 0.4) is 0 Å². The van der Waals surface area contributed by atoms with Gasteiger partial charge in [0.2, 0.25) is 0 Å². The van der Waals surface area contributed by atoms with Gasteiger partial charge in [0.25, 0.3) is 0 Å². The second-order valence-electron chi connectivity index (χ2n) is 5.99. The molecule has 116 valence electrons. The summed E-state index contributed by atoms with van der Waals surface area (Å²) in [6.07, 6.45) is 19.9. The van der Waals surface area contributed by atoms with Crippen LogP contribution in [0.15, 0.2) is 0 Å². The average molecular weight is 270 g/mol. The lowest BCUT2D eigenvalue weighted by atomic mass is 10.1. The van der Waals surface area contributed by atoms with Crippen molar-refractivity contribution in [1.82, 2.24) is 5.32 Å². The maximum absolute atomic E-state index is 3.59. The summed E-state index contributed by atoms with van der Waals surface area (Å²) in [5.74, 6) is 0. The Balaban J connectivity index is 2.88. The molecule has 19 heavy (non-hydrogen) atoms. The van der Waals surface area contributed by atoms with Gasteiger partial charge in [0, 0.05) is 0 Å². The number of rotatable bonds is 16. The van der Waals surface area contributed by atoms with Crippen molar-refractivity contribution in [3.8, 4) is 0 Å². The summed E-state index contributed by atoms with van der Waals surface area (Å²) in [5.41, 5.74) is 0. The predicted molar refractivity (Wildman–Crippen MR) is 88.9 cm³/mol. The van der Waals surface area contributed by atoms with Gasteiger partial charge in [-0.15, -0.1) is 0 Å². The molecular formula is C18H39N. The minimum Gasteiger partial charge on any atom is -0.317 e. The van der Waals surface area contributed by atoms with Gasteiger partial charge in [0.1, 0.15) is 0 Å². The molecule has 1 heteroatoms. The first-order chi connectivity index (χ1) is 9.41. The zero-order chi connectivity index (χ0) is 14.0. The van der Waals surface area contributed by atoms with E-state index in [4.69, 9.17) is 0 Å². The van der Waals surface area contributed by atoms with Crippen LogP contribution in [0.2, 0.25) is 0 Å². The average Bonchev–Trinajstić information content (AvgIpc) is 2.43. The van der Waals surface area contributed by atoms with E-state index >= 15 is 0 Å². The van der Waals surface area contributed by atoms with E-state index < -0.39 is 0 Å². The summed E-state index contributed by atoms with van der Waals surface area (Å²) in [6, 6.07) is 0. The molecule has 0 radical (unpaired) electrons. The number of hydrogen-bond acceptors (Lipinski definition) is 1. The highest BCUT2D eigenvalue weighted by atomic mass is 14.8. The van der Waals surface area contributed by atoms with Gasteiger partial charge in [0.05, 0.1) is 0 Å². The minimum absolute atomic E-state index is 1.24. The molecule has 1 N–H and O–H groups in total. The Hall–Kier alpha value is -0.0400. The third kappa shape index (κ3) is 18.0. The third-order valence-corrected chi connectivity index (χ3v) is 3.91. The van der Waals surface area contributed by atoms with Crippen molar-refractivity contribution in [2.24, 2.45) is 0 Å². The van der Waals surface area contributed by atoms with E-state index in [1.165, 1.54) is 103 Å². The third-order valence-electron chi connectivity index (χ3n) is 3.91. The monoisotopic (exact) mass is 269 g/mol. The first-order valence-electron chi connectivity index (χ1n) is 9.12. The van der Waals surface area contributed by atoms with E-state index in [0.717, 1.165) is 0 Å². The Morgan fingerprint density at radius 1 is 0.421 bits per heavy atom. The lowest BCUT2D eigenvalue weighted by molar-refractivity contribution is 0.537. The smallest absolute Gasteiger partial charge is 0.00489 e. The fourth-order valence-corrected chi connectivity index (χ4v) is 2.54. The highest BCUT2D eigenvalue weighted by molar-refractivity contribution is 4.51. The quantitative estimate of drug-likeness (QED) is 0.335. The fraction of sp³-hybridized carbons (Fsp3) is 1.00. The van der Waals surface area contributed by atoms with Crippen LogP contribution in [-0.4, -0.2) is 13.1 Å². The van der Waals surface area contributed by atoms with Crippen LogP contribution in [0.4, 0.5) is 0 Å². The summed E-state index contributed by atoms with van der Waals surface area (Å²) in [4.78, 5) is 0. The Bertz CT molecular complexity index is 129. The van der Waals surface area contributed by atoms with Gasteiger partial charge >= 0.3 is 0 Å². The van der Waals surface area contributed by atoms with Gasteiger partial charge in [-0.25, -0.2) is 0 Å². The van der Waals surface area contributed by atoms with Crippen LogP contribution in [-0.2, 0) is 0 Å². The van der Waals surface area contributed by atoms with Crippen LogP contribution >= 0.6 is 0 Å². The van der Waals surface area contributed by atoms with E-state index in [0.29, 0.717) is 0 Å². The number of nitrogens with one attached hydrogen (secondary N) is 1. The normalized spacial score (nSPS) is 11.1. The van der Waals surface area contributed by atoms with Gasteiger partial charge in [-0.1, -0.05) is 90.9 Å². The first-order valence-corrected chi connectivity index (χ1v) is 9.12. The van der Waals surface area contributed by atoms with Gasteiger partial charge in [-0.2, -0.15) is 0 Å². The van der Waals surface area contributed by atoms with E-state index in [1.54, 1.807) is 0 Å². The van der Waals surface area contributed by atoms with Gasteiger partial charge in [-0.05, 0) is 25.9 Å². The topological polar surface area (TPSA) is 12.0 Å². The molecule has 0 rings (SSSR count). The second-order valence-corrected chi connectivity index (χ2v) is 5.99. The summed E-state index contributed by atoms with van der Waals surface area (Å²) < 4.78 is 0. The number of hydrogen-bond donors (Lipinski definition) is 1. The van der Waals surface area contributed by atoms with Crippen LogP contribution < -0.4 is 5.32 Å². The van der Waals surface area contributed by atoms with Gasteiger partial charge in [-0.3, -0.25) is 0 Å². The van der Waals surface area contributed by atoms with Crippen molar-refractivity contribution in [1.29, 1.82) is 0 Å². The molecule has 0 unspecified atom stereocenters. The van der Waals surface area contributed by atoms with Crippen LogP contribution in [0.25, 0.3) is 0 Å². The Kier molecular flexibility index (Phi) is 17.9. The molecule has 0 aromatic carbocycles. The van der Waals surface area contributed by atoms with E-state index in [-0.39, 0.29) is 0 Å². The van der Waals surface area contributed by atoms with Crippen molar-refractivity contribution in [3.63, 3.8) is 0 Å². The maximum Gasteiger partial charge on any atom is -0.00489 e. The molecule has 0 aliphatic carbocycles. The molecule has 1 nitrogen and oxygen atoms in total. The molecule has 0 fully saturated rings. The Labute approximate surface area is 122 Å². The van der Waals surface area contributed by atoms with Crippen molar-refractivity contribution < 1.29 is 0 Å². The molecule has 0 saturated carbocycles. The largest absolute Gasteiger partial charge is 0.317 e. The molecule has 0 atom stereocenters. The van der Waals surface area contributed by atoms with Crippen molar-refractivity contribution in [2.45, 2.75) is 104 Å². The Morgan fingerprint density at radius 3 is 1.11 bits per heavy atom. The highest BCUT2D eigenvalue weighted by Crippen LogP contribution is 2.07. The molecule has 0 spiro atoms. The van der Waals surface area contributed by atoms with Gasteiger partial charge < -0.3 is 5.32 Å². The maximum atomic E-state index is 3.59. The molecule has 0 aromatic heterocycles. The summed E-state index contributed by atoms with van der Waals surface area (Å²) >= 11 is 0. The summed E-state index contributed by atoms with van der Waals surface area (Å²) in [7, 11) is 0. The first kappa shape index (κ1) is 19.0. The molecule has 0 heterocycles. The predicted octanol–water partition coefficient (Wildman–Crippen LogP) is 6.08. The molecule has 0 amide bonds. The SMILES string of the molecule is CCCCCCCCCNCCCCCCCCC. The van der Waals surface area contributed by atoms with Gasteiger partial charge in [0.15, 0.2) is 0 Å². The van der Waals surface area contributed by atoms with E-state index in [9.17, 15) is 0 Å². The zero-order valence-electron chi connectivity index (χ0n) is 13.8. The Morgan fingerprint density at radius 2 is 0.737 bits per heavy atom. The molecular weight excluding hydrogens is 230 g/mol. The van der Waals surface area contributed by atoms with E-state index in [2.05, 4.69) is 19.2 Å². The van der Waals surface area contributed by atoms with Crippen molar-refractivity contribution >= 4 is 0 Å².